The fourth-order valence-electron chi connectivity index (χ4n) is 2.16. The average Bonchev–Trinajstić information content (AvgIpc) is 2.70. The lowest BCUT2D eigenvalue weighted by atomic mass is 10.0. The topological polar surface area (TPSA) is 12.0 Å². The molecule has 1 aliphatic carbocycles. The van der Waals surface area contributed by atoms with E-state index in [-0.39, 0.29) is 0 Å². The largest absolute Gasteiger partial charge is 0.309 e. The third kappa shape index (κ3) is 2.48. The van der Waals surface area contributed by atoms with Gasteiger partial charge in [0.05, 0.1) is 0 Å². The maximum Gasteiger partial charge on any atom is 0.0213 e. The van der Waals surface area contributed by atoms with Crippen molar-refractivity contribution in [2.24, 2.45) is 0 Å². The van der Waals surface area contributed by atoms with E-state index in [9.17, 15) is 0 Å². The van der Waals surface area contributed by atoms with Crippen LogP contribution in [-0.4, -0.2) is 6.04 Å². The second-order valence-corrected chi connectivity index (χ2v) is 4.39. The molecule has 1 nitrogen and oxygen atoms in total. The third-order valence-corrected chi connectivity index (χ3v) is 3.22. The van der Waals surface area contributed by atoms with Crippen molar-refractivity contribution in [2.45, 2.75) is 39.3 Å². The zero-order chi connectivity index (χ0) is 10.7. The van der Waals surface area contributed by atoms with Crippen LogP contribution >= 0.6 is 0 Å². The minimum atomic E-state index is 0.656. The first kappa shape index (κ1) is 10.4. The van der Waals surface area contributed by atoms with Gasteiger partial charge in [0.15, 0.2) is 0 Å². The normalized spacial score (nSPS) is 16.1. The van der Waals surface area contributed by atoms with Gasteiger partial charge in [-0.3, -0.25) is 0 Å². The molecule has 0 heterocycles. The van der Waals surface area contributed by atoms with E-state index < -0.39 is 0 Å². The first-order valence-corrected chi connectivity index (χ1v) is 5.71. The van der Waals surface area contributed by atoms with Crippen molar-refractivity contribution in [2.75, 3.05) is 0 Å². The van der Waals surface area contributed by atoms with Crippen LogP contribution in [0.2, 0.25) is 0 Å². The Labute approximate surface area is 92.2 Å². The summed E-state index contributed by atoms with van der Waals surface area (Å²) in [4.78, 5) is 0. The molecule has 0 saturated heterocycles. The van der Waals surface area contributed by atoms with Crippen LogP contribution in [0.5, 0.6) is 0 Å². The van der Waals surface area contributed by atoms with E-state index in [4.69, 9.17) is 0 Å². The Bertz CT molecular complexity index is 337. The number of aryl methyl sites for hydroxylation is 2. The lowest BCUT2D eigenvalue weighted by molar-refractivity contribution is 0.536. The molecule has 0 bridgehead atoms. The molecule has 15 heavy (non-hydrogen) atoms. The highest BCUT2D eigenvalue weighted by atomic mass is 14.9. The maximum absolute atomic E-state index is 3.62. The van der Waals surface area contributed by atoms with Gasteiger partial charge in [0, 0.05) is 12.6 Å². The van der Waals surface area contributed by atoms with Crippen LogP contribution in [0.25, 0.3) is 0 Å². The van der Waals surface area contributed by atoms with Gasteiger partial charge >= 0.3 is 0 Å². The summed E-state index contributed by atoms with van der Waals surface area (Å²) in [5.41, 5.74) is 4.26. The molecule has 0 amide bonds. The van der Waals surface area contributed by atoms with Crippen LogP contribution in [0.15, 0.2) is 30.4 Å². The number of hydrogen-bond acceptors (Lipinski definition) is 1. The van der Waals surface area contributed by atoms with Crippen LogP contribution in [0.3, 0.4) is 0 Å². The fraction of sp³-hybridized carbons (Fsp3) is 0.429. The summed E-state index contributed by atoms with van der Waals surface area (Å²) in [7, 11) is 0. The summed E-state index contributed by atoms with van der Waals surface area (Å²) in [5, 5.41) is 3.62. The van der Waals surface area contributed by atoms with Gasteiger partial charge in [-0.1, -0.05) is 30.4 Å². The number of nitrogens with one attached hydrogen (secondary N) is 1. The lowest BCUT2D eigenvalue weighted by Crippen LogP contribution is -2.26. The maximum atomic E-state index is 3.62. The minimum Gasteiger partial charge on any atom is -0.309 e. The second-order valence-electron chi connectivity index (χ2n) is 4.39. The molecule has 0 saturated carbocycles. The van der Waals surface area contributed by atoms with Gasteiger partial charge in [-0.25, -0.2) is 0 Å². The Morgan fingerprint density at radius 3 is 2.33 bits per heavy atom. The predicted octanol–water partition coefficient (Wildman–Crippen LogP) is 3.11. The SMILES string of the molecule is Cc1cccc(C)c1CNC1CC=CC1. The van der Waals surface area contributed by atoms with Crippen molar-refractivity contribution in [3.63, 3.8) is 0 Å². The summed E-state index contributed by atoms with van der Waals surface area (Å²) < 4.78 is 0. The molecule has 1 aromatic rings. The highest BCUT2D eigenvalue weighted by Gasteiger charge is 2.10. The zero-order valence-corrected chi connectivity index (χ0v) is 9.59. The quantitative estimate of drug-likeness (QED) is 0.741. The van der Waals surface area contributed by atoms with Crippen LogP contribution in [-0.2, 0) is 6.54 Å². The van der Waals surface area contributed by atoms with E-state index in [1.54, 1.807) is 0 Å². The molecule has 1 heteroatoms. The number of hydrogen-bond donors (Lipinski definition) is 1. The standard InChI is InChI=1S/C14H19N/c1-11-6-5-7-12(2)14(11)10-15-13-8-3-4-9-13/h3-7,13,15H,8-10H2,1-2H3. The van der Waals surface area contributed by atoms with E-state index in [0.717, 1.165) is 6.54 Å². The fourth-order valence-corrected chi connectivity index (χ4v) is 2.16. The Hall–Kier alpha value is -1.08. The summed E-state index contributed by atoms with van der Waals surface area (Å²) in [5.74, 6) is 0. The van der Waals surface area contributed by atoms with Crippen molar-refractivity contribution in [3.8, 4) is 0 Å². The molecular weight excluding hydrogens is 182 g/mol. The summed E-state index contributed by atoms with van der Waals surface area (Å²) >= 11 is 0. The monoisotopic (exact) mass is 201 g/mol. The van der Waals surface area contributed by atoms with Gasteiger partial charge < -0.3 is 5.32 Å². The Kier molecular flexibility index (Phi) is 3.22. The van der Waals surface area contributed by atoms with E-state index >= 15 is 0 Å². The molecule has 0 spiro atoms. The van der Waals surface area contributed by atoms with Crippen LogP contribution in [0, 0.1) is 13.8 Å². The Morgan fingerprint density at radius 2 is 1.73 bits per heavy atom. The summed E-state index contributed by atoms with van der Waals surface area (Å²) in [6.45, 7) is 5.39. The molecule has 0 aliphatic heterocycles. The van der Waals surface area contributed by atoms with Crippen LogP contribution in [0.1, 0.15) is 29.5 Å². The molecule has 0 unspecified atom stereocenters. The lowest BCUT2D eigenvalue weighted by Gasteiger charge is -2.15. The first-order valence-electron chi connectivity index (χ1n) is 5.71. The Balaban J connectivity index is 1.98. The van der Waals surface area contributed by atoms with Crippen molar-refractivity contribution < 1.29 is 0 Å². The second kappa shape index (κ2) is 4.63. The molecule has 80 valence electrons. The molecular formula is C14H19N. The van der Waals surface area contributed by atoms with Gasteiger partial charge in [0.25, 0.3) is 0 Å². The third-order valence-electron chi connectivity index (χ3n) is 3.22. The molecule has 0 aromatic heterocycles. The van der Waals surface area contributed by atoms with Crippen molar-refractivity contribution in [1.29, 1.82) is 0 Å². The van der Waals surface area contributed by atoms with E-state index in [2.05, 4.69) is 49.5 Å². The van der Waals surface area contributed by atoms with E-state index in [0.29, 0.717) is 6.04 Å². The summed E-state index contributed by atoms with van der Waals surface area (Å²) in [6, 6.07) is 7.17. The van der Waals surface area contributed by atoms with Gasteiger partial charge in [-0.15, -0.1) is 0 Å². The molecule has 1 aromatic carbocycles. The number of rotatable bonds is 3. The van der Waals surface area contributed by atoms with Gasteiger partial charge in [0.1, 0.15) is 0 Å². The zero-order valence-electron chi connectivity index (χ0n) is 9.59. The van der Waals surface area contributed by atoms with E-state index in [1.807, 2.05) is 0 Å². The van der Waals surface area contributed by atoms with Crippen molar-refractivity contribution >= 4 is 0 Å². The average molecular weight is 201 g/mol. The van der Waals surface area contributed by atoms with Crippen LogP contribution in [0.4, 0.5) is 0 Å². The predicted molar refractivity (Wildman–Crippen MR) is 64.9 cm³/mol. The summed E-state index contributed by atoms with van der Waals surface area (Å²) in [6.07, 6.45) is 6.90. The molecule has 0 fully saturated rings. The van der Waals surface area contributed by atoms with Crippen molar-refractivity contribution in [3.05, 3.63) is 47.0 Å². The molecule has 1 N–H and O–H groups in total. The molecule has 1 aliphatic rings. The van der Waals surface area contributed by atoms with Crippen LogP contribution < -0.4 is 5.32 Å². The Morgan fingerprint density at radius 1 is 1.13 bits per heavy atom. The molecule has 0 radical (unpaired) electrons. The first-order chi connectivity index (χ1) is 7.27. The number of benzene rings is 1. The van der Waals surface area contributed by atoms with Gasteiger partial charge in [0.2, 0.25) is 0 Å². The van der Waals surface area contributed by atoms with Gasteiger partial charge in [-0.2, -0.15) is 0 Å². The smallest absolute Gasteiger partial charge is 0.0213 e. The molecule has 0 atom stereocenters. The highest BCUT2D eigenvalue weighted by molar-refractivity contribution is 5.33. The van der Waals surface area contributed by atoms with Crippen molar-refractivity contribution in [1.82, 2.24) is 5.32 Å². The highest BCUT2D eigenvalue weighted by Crippen LogP contribution is 2.15. The van der Waals surface area contributed by atoms with Gasteiger partial charge in [-0.05, 0) is 43.4 Å². The molecule has 2 rings (SSSR count). The van der Waals surface area contributed by atoms with E-state index in [1.165, 1.54) is 29.5 Å². The minimum absolute atomic E-state index is 0.656.